The Balaban J connectivity index is 2.60. The molecule has 0 unspecified atom stereocenters. The second kappa shape index (κ2) is 8.10. The Morgan fingerprint density at radius 2 is 1.21 bits per heavy atom. The zero-order valence-corrected chi connectivity index (χ0v) is 19.7. The van der Waals surface area contributed by atoms with Crippen LogP contribution < -0.4 is 0 Å². The monoisotopic (exact) mass is 784 g/mol. The standard InChI is InChI=1S/C11H4I4N2O7/c12-10(13)3-1-5(16(19)20)23-8(3)7(18)9-4(11(14)15)2-6(24-9)17(21)22/h1-2,10-11H. The summed E-state index contributed by atoms with van der Waals surface area (Å²) < 4.78 is 9.57. The van der Waals surface area contributed by atoms with Gasteiger partial charge in [0.25, 0.3) is 5.78 Å². The fraction of sp³-hybridized carbons (Fsp3) is 0.182. The summed E-state index contributed by atoms with van der Waals surface area (Å²) >= 11 is 7.89. The van der Waals surface area contributed by atoms with Crippen molar-refractivity contribution in [3.05, 3.63) is 55.0 Å². The third kappa shape index (κ3) is 4.19. The lowest BCUT2D eigenvalue weighted by Crippen LogP contribution is -2.04. The van der Waals surface area contributed by atoms with E-state index in [4.69, 9.17) is 8.83 Å². The Bertz CT molecular complexity index is 760. The molecule has 128 valence electrons. The number of furan rings is 2. The molecule has 2 aromatic heterocycles. The lowest BCUT2D eigenvalue weighted by atomic mass is 10.1. The van der Waals surface area contributed by atoms with E-state index < -0.39 is 27.4 Å². The smallest absolute Gasteiger partial charge is 0.397 e. The lowest BCUT2D eigenvalue weighted by Gasteiger charge is -2.03. The van der Waals surface area contributed by atoms with Crippen LogP contribution >= 0.6 is 90.4 Å². The fourth-order valence-electron chi connectivity index (χ4n) is 1.75. The van der Waals surface area contributed by atoms with Gasteiger partial charge in [0.15, 0.2) is 11.5 Å². The topological polar surface area (TPSA) is 130 Å². The van der Waals surface area contributed by atoms with Crippen LogP contribution in [0.4, 0.5) is 11.8 Å². The van der Waals surface area contributed by atoms with Gasteiger partial charge >= 0.3 is 11.8 Å². The highest BCUT2D eigenvalue weighted by Crippen LogP contribution is 2.41. The molecular weight excluding hydrogens is 780 g/mol. The summed E-state index contributed by atoms with van der Waals surface area (Å²) in [5.74, 6) is -2.42. The van der Waals surface area contributed by atoms with Crippen LogP contribution in [0.15, 0.2) is 21.0 Å². The highest BCUT2D eigenvalue weighted by molar-refractivity contribution is 14.2. The van der Waals surface area contributed by atoms with Gasteiger partial charge in [-0.15, -0.1) is 0 Å². The van der Waals surface area contributed by atoms with Crippen molar-refractivity contribution in [2.45, 2.75) is 3.86 Å². The van der Waals surface area contributed by atoms with E-state index in [1.807, 2.05) is 90.4 Å². The van der Waals surface area contributed by atoms with Crippen molar-refractivity contribution in [1.29, 1.82) is 0 Å². The molecule has 0 fully saturated rings. The van der Waals surface area contributed by atoms with Crippen molar-refractivity contribution >= 4 is 108 Å². The van der Waals surface area contributed by atoms with Crippen LogP contribution in [0.25, 0.3) is 0 Å². The highest BCUT2D eigenvalue weighted by atomic mass is 127. The van der Waals surface area contributed by atoms with Crippen molar-refractivity contribution in [1.82, 2.24) is 0 Å². The summed E-state index contributed by atoms with van der Waals surface area (Å²) in [6.45, 7) is 0. The average molecular weight is 784 g/mol. The maximum absolute atomic E-state index is 12.7. The molecule has 0 bridgehead atoms. The van der Waals surface area contributed by atoms with E-state index in [1.165, 1.54) is 12.1 Å². The quantitative estimate of drug-likeness (QED) is 0.122. The number of nitro groups is 2. The van der Waals surface area contributed by atoms with Gasteiger partial charge in [-0.25, -0.2) is 0 Å². The van der Waals surface area contributed by atoms with Crippen molar-refractivity contribution in [2.24, 2.45) is 0 Å². The van der Waals surface area contributed by atoms with Gasteiger partial charge in [0.2, 0.25) is 0 Å². The largest absolute Gasteiger partial charge is 0.434 e. The molecule has 0 aliphatic rings. The number of hydrogen-bond donors (Lipinski definition) is 0. The van der Waals surface area contributed by atoms with Gasteiger partial charge in [-0.2, -0.15) is 0 Å². The van der Waals surface area contributed by atoms with Gasteiger partial charge in [0.05, 0.1) is 16.0 Å². The molecule has 0 aliphatic carbocycles. The molecule has 0 aromatic carbocycles. The zero-order chi connectivity index (χ0) is 18.2. The molecule has 13 heteroatoms. The first-order chi connectivity index (χ1) is 11.1. The Labute approximate surface area is 188 Å². The molecule has 0 saturated carbocycles. The number of ketones is 1. The van der Waals surface area contributed by atoms with E-state index in [-0.39, 0.29) is 15.4 Å². The molecule has 0 amide bonds. The minimum atomic E-state index is -0.766. The number of halogens is 4. The average Bonchev–Trinajstić information content (AvgIpc) is 3.11. The molecule has 9 nitrogen and oxygen atoms in total. The summed E-state index contributed by atoms with van der Waals surface area (Å²) in [4.78, 5) is 33.0. The Kier molecular flexibility index (Phi) is 6.84. The molecule has 0 spiro atoms. The van der Waals surface area contributed by atoms with Crippen LogP contribution in [0.2, 0.25) is 0 Å². The number of rotatable bonds is 6. The van der Waals surface area contributed by atoms with Crippen molar-refractivity contribution in [3.63, 3.8) is 0 Å². The predicted molar refractivity (Wildman–Crippen MR) is 116 cm³/mol. The normalized spacial score (nSPS) is 11.2. The third-order valence-corrected chi connectivity index (χ3v) is 5.42. The number of alkyl halides is 4. The molecule has 2 aromatic rings. The number of carbonyl (C=O) groups is 1. The Morgan fingerprint density at radius 3 is 1.46 bits per heavy atom. The minimum absolute atomic E-state index is 0.255. The first-order valence-corrected chi connectivity index (χ1v) is 10.8. The Hall–Kier alpha value is -0.0500. The molecule has 0 atom stereocenters. The number of hydrogen-bond acceptors (Lipinski definition) is 7. The van der Waals surface area contributed by atoms with E-state index >= 15 is 0 Å². The van der Waals surface area contributed by atoms with Crippen LogP contribution in [0, 0.1) is 20.2 Å². The van der Waals surface area contributed by atoms with Crippen LogP contribution in [0.5, 0.6) is 0 Å². The van der Waals surface area contributed by atoms with Crippen molar-refractivity contribution in [3.8, 4) is 0 Å². The fourth-order valence-corrected chi connectivity index (χ4v) is 3.60. The van der Waals surface area contributed by atoms with Gasteiger partial charge in [-0.05, 0) is 0 Å². The van der Waals surface area contributed by atoms with Gasteiger partial charge in [0.1, 0.15) is 9.85 Å². The second-order valence-electron chi connectivity index (χ2n) is 4.18. The molecule has 2 heterocycles. The molecule has 0 saturated heterocycles. The molecule has 0 radical (unpaired) electrons. The summed E-state index contributed by atoms with van der Waals surface area (Å²) in [5, 5.41) is 21.8. The van der Waals surface area contributed by atoms with Gasteiger partial charge < -0.3 is 8.83 Å². The molecule has 0 aliphatic heterocycles. The van der Waals surface area contributed by atoms with Crippen molar-refractivity contribution in [2.75, 3.05) is 0 Å². The summed E-state index contributed by atoms with van der Waals surface area (Å²) in [7, 11) is 0. The van der Waals surface area contributed by atoms with E-state index in [0.717, 1.165) is 0 Å². The van der Waals surface area contributed by atoms with E-state index in [9.17, 15) is 25.0 Å². The SMILES string of the molecule is O=C(c1oc([N+](=O)[O-])cc1C(I)I)c1oc([N+](=O)[O-])cc1C(I)I. The van der Waals surface area contributed by atoms with Gasteiger partial charge in [0, 0.05) is 11.1 Å². The number of nitrogens with zero attached hydrogens (tertiary/aromatic N) is 2. The number of carbonyl (C=O) groups excluding carboxylic acids is 1. The van der Waals surface area contributed by atoms with Gasteiger partial charge in [-0.3, -0.25) is 25.0 Å². The molecular formula is C11H4I4N2O7. The minimum Gasteiger partial charge on any atom is -0.397 e. The second-order valence-corrected chi connectivity index (χ2v) is 13.9. The Morgan fingerprint density at radius 1 is 0.875 bits per heavy atom. The maximum Gasteiger partial charge on any atom is 0.434 e. The zero-order valence-electron chi connectivity index (χ0n) is 11.1. The molecule has 24 heavy (non-hydrogen) atoms. The van der Waals surface area contributed by atoms with E-state index in [0.29, 0.717) is 11.1 Å². The first-order valence-electron chi connectivity index (χ1n) is 5.80. The van der Waals surface area contributed by atoms with E-state index in [1.54, 1.807) is 0 Å². The summed E-state index contributed by atoms with van der Waals surface area (Å²) in [6.07, 6.45) is 0. The van der Waals surface area contributed by atoms with Crippen LogP contribution in [-0.2, 0) is 0 Å². The van der Waals surface area contributed by atoms with Crippen LogP contribution in [0.1, 0.15) is 31.3 Å². The van der Waals surface area contributed by atoms with Crippen LogP contribution in [-0.4, -0.2) is 15.6 Å². The third-order valence-electron chi connectivity index (χ3n) is 2.74. The lowest BCUT2D eigenvalue weighted by molar-refractivity contribution is -0.402. The maximum atomic E-state index is 12.7. The first kappa shape index (κ1) is 20.3. The van der Waals surface area contributed by atoms with Crippen LogP contribution in [0.3, 0.4) is 0 Å². The summed E-state index contributed by atoms with van der Waals surface area (Å²) in [6, 6.07) is 2.33. The van der Waals surface area contributed by atoms with Gasteiger partial charge in [-0.1, -0.05) is 90.4 Å². The predicted octanol–water partition coefficient (Wildman–Crippen LogP) is 5.66. The summed E-state index contributed by atoms with van der Waals surface area (Å²) in [5.41, 5.74) is 0.632. The molecule has 0 N–H and O–H groups in total. The van der Waals surface area contributed by atoms with Crippen molar-refractivity contribution < 1.29 is 23.5 Å². The highest BCUT2D eigenvalue weighted by Gasteiger charge is 2.33. The molecule has 2 rings (SSSR count). The van der Waals surface area contributed by atoms with E-state index in [2.05, 4.69) is 0 Å².